The van der Waals surface area contributed by atoms with E-state index in [9.17, 15) is 22.4 Å². The molecule has 32 heavy (non-hydrogen) atoms. The summed E-state index contributed by atoms with van der Waals surface area (Å²) in [4.78, 5) is 27.4. The Hall–Kier alpha value is -2.00. The molecule has 3 unspecified atom stereocenters. The number of hydrogen-bond donors (Lipinski definition) is 2. The largest absolute Gasteiger partial charge is 0.369 e. The third kappa shape index (κ3) is 3.94. The maximum atomic E-state index is 13.6. The Bertz CT molecular complexity index is 1030. The van der Waals surface area contributed by atoms with Crippen molar-refractivity contribution in [2.45, 2.75) is 50.7 Å². The number of primary amides is 1. The fourth-order valence-electron chi connectivity index (χ4n) is 6.96. The van der Waals surface area contributed by atoms with Gasteiger partial charge in [0, 0.05) is 24.5 Å². The van der Waals surface area contributed by atoms with Crippen LogP contribution in [0.25, 0.3) is 0 Å². The molecule has 9 heteroatoms. The van der Waals surface area contributed by atoms with Gasteiger partial charge < -0.3 is 11.1 Å². The standard InChI is InChI=1S/C23H30FN3O4S/c24-18-3-1-2-14(8-18)12-27-4-5-32(30,31)13-19(27)21(28)26-20-16-6-15-7-17(20)11-23(9-15,10-16)22(25)29/h1-3,8,15-17,19-20H,4-7,9-13H2,(H2,25,29)(H,26,28). The van der Waals surface area contributed by atoms with Crippen LogP contribution in [0.15, 0.2) is 24.3 Å². The normalized spacial score (nSPS) is 37.8. The fourth-order valence-corrected chi connectivity index (χ4v) is 8.49. The van der Waals surface area contributed by atoms with Crippen molar-refractivity contribution in [2.75, 3.05) is 18.1 Å². The molecule has 174 valence electrons. The van der Waals surface area contributed by atoms with E-state index in [1.54, 1.807) is 12.1 Å². The lowest BCUT2D eigenvalue weighted by Gasteiger charge is -2.59. The molecule has 0 aromatic heterocycles. The second-order valence-corrected chi connectivity index (χ2v) is 12.6. The molecule has 2 amide bonds. The average molecular weight is 464 g/mol. The molecule has 5 aliphatic rings. The Morgan fingerprint density at radius 3 is 2.56 bits per heavy atom. The molecule has 4 bridgehead atoms. The van der Waals surface area contributed by atoms with Crippen LogP contribution in [-0.2, 0) is 26.0 Å². The zero-order valence-electron chi connectivity index (χ0n) is 18.0. The number of carbonyl (C=O) groups excluding carboxylic acids is 2. The van der Waals surface area contributed by atoms with Gasteiger partial charge in [-0.2, -0.15) is 0 Å². The van der Waals surface area contributed by atoms with Crippen LogP contribution in [-0.4, -0.2) is 55.3 Å². The summed E-state index contributed by atoms with van der Waals surface area (Å²) in [5.41, 5.74) is 6.03. The topological polar surface area (TPSA) is 110 Å². The average Bonchev–Trinajstić information content (AvgIpc) is 2.71. The first kappa shape index (κ1) is 21.8. The van der Waals surface area contributed by atoms with Gasteiger partial charge >= 0.3 is 0 Å². The molecule has 7 nitrogen and oxygen atoms in total. The first-order valence-electron chi connectivity index (χ1n) is 11.4. The first-order valence-corrected chi connectivity index (χ1v) is 13.3. The number of nitrogens with zero attached hydrogens (tertiary/aromatic N) is 1. The molecule has 5 fully saturated rings. The molecule has 1 saturated heterocycles. The summed E-state index contributed by atoms with van der Waals surface area (Å²) in [6, 6.07) is 5.32. The van der Waals surface area contributed by atoms with Gasteiger partial charge in [0.05, 0.1) is 11.5 Å². The Balaban J connectivity index is 1.33. The van der Waals surface area contributed by atoms with Crippen LogP contribution >= 0.6 is 0 Å². The summed E-state index contributed by atoms with van der Waals surface area (Å²) in [5.74, 6) is -0.216. The van der Waals surface area contributed by atoms with Crippen molar-refractivity contribution in [3.05, 3.63) is 35.6 Å². The van der Waals surface area contributed by atoms with Gasteiger partial charge in [0.1, 0.15) is 11.9 Å². The van der Waals surface area contributed by atoms with E-state index < -0.39 is 21.3 Å². The van der Waals surface area contributed by atoms with Gasteiger partial charge in [-0.25, -0.2) is 12.8 Å². The molecule has 4 saturated carbocycles. The highest BCUT2D eigenvalue weighted by Gasteiger charge is 2.58. The van der Waals surface area contributed by atoms with Crippen LogP contribution in [0.1, 0.15) is 37.7 Å². The molecular weight excluding hydrogens is 433 g/mol. The molecule has 1 aromatic rings. The molecule has 0 radical (unpaired) electrons. The van der Waals surface area contributed by atoms with Crippen molar-refractivity contribution >= 4 is 21.7 Å². The van der Waals surface area contributed by atoms with Crippen LogP contribution < -0.4 is 11.1 Å². The molecule has 3 N–H and O–H groups in total. The van der Waals surface area contributed by atoms with E-state index in [0.717, 1.165) is 19.3 Å². The van der Waals surface area contributed by atoms with Crippen LogP contribution in [0.4, 0.5) is 4.39 Å². The summed E-state index contributed by atoms with van der Waals surface area (Å²) in [6.07, 6.45) is 4.23. The highest BCUT2D eigenvalue weighted by Crippen LogP contribution is 2.59. The van der Waals surface area contributed by atoms with Gasteiger partial charge in [-0.1, -0.05) is 12.1 Å². The number of sulfone groups is 1. The van der Waals surface area contributed by atoms with Crippen LogP contribution in [0.3, 0.4) is 0 Å². The molecule has 3 atom stereocenters. The van der Waals surface area contributed by atoms with Crippen molar-refractivity contribution in [3.63, 3.8) is 0 Å². The zero-order chi connectivity index (χ0) is 22.7. The van der Waals surface area contributed by atoms with E-state index in [0.29, 0.717) is 30.9 Å². The van der Waals surface area contributed by atoms with E-state index in [2.05, 4.69) is 5.32 Å². The number of nitrogens with one attached hydrogen (secondary N) is 1. The molecule has 6 rings (SSSR count). The van der Waals surface area contributed by atoms with Gasteiger partial charge in [0.25, 0.3) is 0 Å². The van der Waals surface area contributed by atoms with Crippen LogP contribution in [0, 0.1) is 29.0 Å². The molecule has 4 aliphatic carbocycles. The monoisotopic (exact) mass is 463 g/mol. The van der Waals surface area contributed by atoms with Crippen molar-refractivity contribution in [1.29, 1.82) is 0 Å². The fraction of sp³-hybridized carbons (Fsp3) is 0.652. The predicted molar refractivity (Wildman–Crippen MR) is 116 cm³/mol. The highest BCUT2D eigenvalue weighted by atomic mass is 32.2. The Labute approximate surface area is 187 Å². The van der Waals surface area contributed by atoms with Crippen molar-refractivity contribution < 1.29 is 22.4 Å². The molecule has 1 heterocycles. The lowest BCUT2D eigenvalue weighted by atomic mass is 9.47. The minimum atomic E-state index is -3.33. The van der Waals surface area contributed by atoms with E-state index in [1.807, 2.05) is 4.90 Å². The summed E-state index contributed by atoms with van der Waals surface area (Å²) in [7, 11) is -3.33. The maximum absolute atomic E-state index is 13.6. The number of nitrogens with two attached hydrogens (primary N) is 1. The van der Waals surface area contributed by atoms with E-state index in [1.165, 1.54) is 12.1 Å². The zero-order valence-corrected chi connectivity index (χ0v) is 18.8. The van der Waals surface area contributed by atoms with Crippen molar-refractivity contribution in [3.8, 4) is 0 Å². The second kappa shape index (κ2) is 7.80. The van der Waals surface area contributed by atoms with Gasteiger partial charge in [-0.15, -0.1) is 0 Å². The summed E-state index contributed by atoms with van der Waals surface area (Å²) in [6.45, 7) is 0.553. The lowest BCUT2D eigenvalue weighted by molar-refractivity contribution is -0.148. The minimum absolute atomic E-state index is 0.0103. The number of rotatable bonds is 5. The predicted octanol–water partition coefficient (Wildman–Crippen LogP) is 1.22. The third-order valence-corrected chi connectivity index (χ3v) is 9.85. The number of benzene rings is 1. The number of carbonyl (C=O) groups is 2. The van der Waals surface area contributed by atoms with Crippen LogP contribution in [0.2, 0.25) is 0 Å². The van der Waals surface area contributed by atoms with E-state index in [4.69, 9.17) is 5.73 Å². The lowest BCUT2D eigenvalue weighted by Crippen LogP contribution is -2.64. The van der Waals surface area contributed by atoms with Crippen LogP contribution in [0.5, 0.6) is 0 Å². The van der Waals surface area contributed by atoms with Crippen molar-refractivity contribution in [2.24, 2.45) is 28.9 Å². The van der Waals surface area contributed by atoms with E-state index in [-0.39, 0.29) is 53.6 Å². The van der Waals surface area contributed by atoms with Gasteiger partial charge in [0.2, 0.25) is 11.8 Å². The third-order valence-electron chi connectivity index (χ3n) is 8.22. The van der Waals surface area contributed by atoms with Gasteiger partial charge in [0.15, 0.2) is 9.84 Å². The van der Waals surface area contributed by atoms with E-state index >= 15 is 0 Å². The Kier molecular flexibility index (Phi) is 5.32. The molecular formula is C23H30FN3O4S. The summed E-state index contributed by atoms with van der Waals surface area (Å²) in [5, 5.41) is 3.18. The summed E-state index contributed by atoms with van der Waals surface area (Å²) >= 11 is 0. The number of hydrogen-bond acceptors (Lipinski definition) is 5. The van der Waals surface area contributed by atoms with Gasteiger partial charge in [-0.05, 0) is 67.6 Å². The van der Waals surface area contributed by atoms with Crippen molar-refractivity contribution in [1.82, 2.24) is 10.2 Å². The Morgan fingerprint density at radius 2 is 1.91 bits per heavy atom. The first-order chi connectivity index (χ1) is 15.1. The smallest absolute Gasteiger partial charge is 0.238 e. The maximum Gasteiger partial charge on any atom is 0.238 e. The number of halogens is 1. The summed E-state index contributed by atoms with van der Waals surface area (Å²) < 4.78 is 38.3. The number of amides is 2. The molecule has 0 spiro atoms. The molecule has 1 aromatic carbocycles. The second-order valence-electron chi connectivity index (χ2n) is 10.4. The SMILES string of the molecule is NC(=O)C12CC3CC(C1)C(NC(=O)C1CS(=O)(=O)CCN1Cc1cccc(F)c1)C(C3)C2. The molecule has 1 aliphatic heterocycles. The van der Waals surface area contributed by atoms with Gasteiger partial charge in [-0.3, -0.25) is 14.5 Å². The minimum Gasteiger partial charge on any atom is -0.369 e. The Morgan fingerprint density at radius 1 is 1.19 bits per heavy atom. The quantitative estimate of drug-likeness (QED) is 0.682. The highest BCUT2D eigenvalue weighted by molar-refractivity contribution is 7.91.